The Kier molecular flexibility index (Phi) is 6.38. The predicted octanol–water partition coefficient (Wildman–Crippen LogP) is 3.05. The van der Waals surface area contributed by atoms with Gasteiger partial charge in [-0.2, -0.15) is 5.26 Å². The van der Waals surface area contributed by atoms with Crippen LogP contribution in [-0.4, -0.2) is 12.0 Å². The van der Waals surface area contributed by atoms with Gasteiger partial charge in [0.1, 0.15) is 6.61 Å². The van der Waals surface area contributed by atoms with E-state index in [2.05, 4.69) is 5.32 Å². The van der Waals surface area contributed by atoms with Gasteiger partial charge in [-0.15, -0.1) is 0 Å². The van der Waals surface area contributed by atoms with E-state index in [1.807, 2.05) is 6.07 Å². The number of benzene rings is 2. The first-order chi connectivity index (χ1) is 12.0. The fraction of sp³-hybridized carbons (Fsp3) is 0.167. The maximum absolute atomic E-state index is 12.1. The van der Waals surface area contributed by atoms with Gasteiger partial charge < -0.3 is 15.8 Å². The lowest BCUT2D eigenvalue weighted by Crippen LogP contribution is -2.34. The van der Waals surface area contributed by atoms with Crippen molar-refractivity contribution in [2.75, 3.05) is 0 Å². The van der Waals surface area contributed by atoms with Crippen LogP contribution in [0.15, 0.2) is 48.5 Å². The van der Waals surface area contributed by atoms with Crippen molar-refractivity contribution in [3.63, 3.8) is 0 Å². The average Bonchev–Trinajstić information content (AvgIpc) is 2.60. The van der Waals surface area contributed by atoms with Crippen LogP contribution < -0.4 is 11.1 Å². The fourth-order valence-electron chi connectivity index (χ4n) is 2.18. The minimum atomic E-state index is -0.736. The van der Waals surface area contributed by atoms with Crippen molar-refractivity contribution >= 4 is 23.6 Å². The molecule has 0 saturated heterocycles. The molecule has 0 radical (unpaired) electrons. The molecule has 0 aliphatic rings. The second kappa shape index (κ2) is 8.71. The monoisotopic (exact) mass is 357 g/mol. The molecule has 0 aliphatic carbocycles. The average molecular weight is 358 g/mol. The molecular weight excluding hydrogens is 342 g/mol. The SMILES string of the molecule is N#Cc1ccc(COC(=O)C[C@@H](NC(N)=O)c2ccc(Cl)cc2)cc1. The van der Waals surface area contributed by atoms with Gasteiger partial charge in [-0.05, 0) is 35.4 Å². The molecule has 0 heterocycles. The number of nitrogens with one attached hydrogen (secondary N) is 1. The summed E-state index contributed by atoms with van der Waals surface area (Å²) in [6.07, 6.45) is -0.0686. The molecule has 0 aromatic heterocycles. The summed E-state index contributed by atoms with van der Waals surface area (Å²) in [5.41, 5.74) is 7.16. The van der Waals surface area contributed by atoms with Gasteiger partial charge >= 0.3 is 12.0 Å². The van der Waals surface area contributed by atoms with E-state index in [1.165, 1.54) is 0 Å². The van der Waals surface area contributed by atoms with Crippen molar-refractivity contribution < 1.29 is 14.3 Å². The molecule has 128 valence electrons. The summed E-state index contributed by atoms with van der Waals surface area (Å²) in [6, 6.07) is 14.1. The number of carbonyl (C=O) groups is 2. The van der Waals surface area contributed by atoms with E-state index in [1.54, 1.807) is 48.5 Å². The van der Waals surface area contributed by atoms with Gasteiger partial charge in [0.15, 0.2) is 0 Å². The zero-order chi connectivity index (χ0) is 18.2. The van der Waals surface area contributed by atoms with Gasteiger partial charge in [0.25, 0.3) is 0 Å². The van der Waals surface area contributed by atoms with E-state index in [-0.39, 0.29) is 13.0 Å². The summed E-state index contributed by atoms with van der Waals surface area (Å²) in [4.78, 5) is 23.3. The van der Waals surface area contributed by atoms with Crippen molar-refractivity contribution in [2.45, 2.75) is 19.1 Å². The second-order valence-electron chi connectivity index (χ2n) is 5.29. The van der Waals surface area contributed by atoms with Gasteiger partial charge in [0.05, 0.1) is 24.1 Å². The first-order valence-corrected chi connectivity index (χ1v) is 7.82. The number of esters is 1. The number of halogens is 1. The Hall–Kier alpha value is -3.04. The number of ether oxygens (including phenoxy) is 1. The molecule has 1 atom stereocenters. The van der Waals surface area contributed by atoms with E-state index < -0.39 is 18.0 Å². The Labute approximate surface area is 150 Å². The van der Waals surface area contributed by atoms with Crippen LogP contribution in [0.2, 0.25) is 5.02 Å². The van der Waals surface area contributed by atoms with Gasteiger partial charge in [-0.3, -0.25) is 4.79 Å². The molecule has 0 spiro atoms. The number of urea groups is 1. The van der Waals surface area contributed by atoms with Crippen molar-refractivity contribution in [2.24, 2.45) is 5.73 Å². The summed E-state index contributed by atoms with van der Waals surface area (Å²) in [5, 5.41) is 11.8. The maximum atomic E-state index is 12.1. The Morgan fingerprint density at radius 3 is 2.36 bits per heavy atom. The first kappa shape index (κ1) is 18.3. The van der Waals surface area contributed by atoms with Crippen LogP contribution in [-0.2, 0) is 16.1 Å². The van der Waals surface area contributed by atoms with Gasteiger partial charge in [-0.1, -0.05) is 35.9 Å². The number of nitrogens with two attached hydrogens (primary N) is 1. The molecule has 2 aromatic rings. The number of hydrogen-bond donors (Lipinski definition) is 2. The summed E-state index contributed by atoms with van der Waals surface area (Å²) in [5.74, 6) is -0.488. The standard InChI is InChI=1S/C18H16ClN3O3/c19-15-7-5-14(6-8-15)16(22-18(21)24)9-17(23)25-11-13-3-1-12(10-20)2-4-13/h1-8,16H,9,11H2,(H3,21,22,24)/t16-/m1/s1. The molecule has 6 nitrogen and oxygen atoms in total. The zero-order valence-electron chi connectivity index (χ0n) is 13.2. The highest BCUT2D eigenvalue weighted by molar-refractivity contribution is 6.30. The number of amides is 2. The second-order valence-corrected chi connectivity index (χ2v) is 5.72. The minimum absolute atomic E-state index is 0.0686. The number of nitrogens with zero attached hydrogens (tertiary/aromatic N) is 1. The van der Waals surface area contributed by atoms with Crippen molar-refractivity contribution in [1.82, 2.24) is 5.32 Å². The molecular formula is C18H16ClN3O3. The maximum Gasteiger partial charge on any atom is 0.312 e. The largest absolute Gasteiger partial charge is 0.461 e. The molecule has 0 fully saturated rings. The van der Waals surface area contributed by atoms with Crippen LogP contribution >= 0.6 is 11.6 Å². The lowest BCUT2D eigenvalue weighted by atomic mass is 10.0. The Morgan fingerprint density at radius 2 is 1.80 bits per heavy atom. The highest BCUT2D eigenvalue weighted by Crippen LogP contribution is 2.20. The van der Waals surface area contributed by atoms with Gasteiger partial charge in [0, 0.05) is 5.02 Å². The first-order valence-electron chi connectivity index (χ1n) is 7.44. The summed E-state index contributed by atoms with van der Waals surface area (Å²) >= 11 is 5.84. The highest BCUT2D eigenvalue weighted by atomic mass is 35.5. The molecule has 3 N–H and O–H groups in total. The third-order valence-electron chi connectivity index (χ3n) is 3.44. The molecule has 2 rings (SSSR count). The zero-order valence-corrected chi connectivity index (χ0v) is 14.0. The third kappa shape index (κ3) is 5.83. The number of primary amides is 1. The lowest BCUT2D eigenvalue weighted by molar-refractivity contribution is -0.145. The Balaban J connectivity index is 1.97. The topological polar surface area (TPSA) is 105 Å². The van der Waals surface area contributed by atoms with Gasteiger partial charge in [0.2, 0.25) is 0 Å². The van der Waals surface area contributed by atoms with Crippen molar-refractivity contribution in [1.29, 1.82) is 5.26 Å². The van der Waals surface area contributed by atoms with Gasteiger partial charge in [-0.25, -0.2) is 4.79 Å². The van der Waals surface area contributed by atoms with E-state index >= 15 is 0 Å². The fourth-order valence-corrected chi connectivity index (χ4v) is 2.31. The number of hydrogen-bond acceptors (Lipinski definition) is 4. The quantitative estimate of drug-likeness (QED) is 0.775. The number of rotatable bonds is 6. The smallest absolute Gasteiger partial charge is 0.312 e. The van der Waals surface area contributed by atoms with Crippen LogP contribution in [0.5, 0.6) is 0 Å². The molecule has 7 heteroatoms. The molecule has 2 aromatic carbocycles. The minimum Gasteiger partial charge on any atom is -0.461 e. The van der Waals surface area contributed by atoms with Crippen molar-refractivity contribution in [3.8, 4) is 6.07 Å². The van der Waals surface area contributed by atoms with E-state index in [9.17, 15) is 9.59 Å². The molecule has 0 bridgehead atoms. The number of carbonyl (C=O) groups excluding carboxylic acids is 2. The lowest BCUT2D eigenvalue weighted by Gasteiger charge is -2.17. The van der Waals surface area contributed by atoms with Crippen LogP contribution in [0.3, 0.4) is 0 Å². The van der Waals surface area contributed by atoms with E-state index in [0.29, 0.717) is 16.1 Å². The Bertz CT molecular complexity index is 783. The van der Waals surface area contributed by atoms with Crippen LogP contribution in [0, 0.1) is 11.3 Å². The molecule has 0 aliphatic heterocycles. The molecule has 2 amide bonds. The summed E-state index contributed by atoms with van der Waals surface area (Å²) in [7, 11) is 0. The predicted molar refractivity (Wildman–Crippen MR) is 92.5 cm³/mol. The summed E-state index contributed by atoms with van der Waals surface area (Å²) < 4.78 is 5.22. The van der Waals surface area contributed by atoms with Crippen LogP contribution in [0.1, 0.15) is 29.2 Å². The van der Waals surface area contributed by atoms with E-state index in [4.69, 9.17) is 27.3 Å². The summed E-state index contributed by atoms with van der Waals surface area (Å²) in [6.45, 7) is 0.0778. The van der Waals surface area contributed by atoms with Crippen LogP contribution in [0.4, 0.5) is 4.79 Å². The highest BCUT2D eigenvalue weighted by Gasteiger charge is 2.18. The third-order valence-corrected chi connectivity index (χ3v) is 3.69. The molecule has 0 unspecified atom stereocenters. The Morgan fingerprint density at radius 1 is 1.16 bits per heavy atom. The normalized spacial score (nSPS) is 11.2. The van der Waals surface area contributed by atoms with Crippen molar-refractivity contribution in [3.05, 3.63) is 70.2 Å². The molecule has 0 saturated carbocycles. The molecule has 25 heavy (non-hydrogen) atoms. The number of nitriles is 1. The van der Waals surface area contributed by atoms with Crippen LogP contribution in [0.25, 0.3) is 0 Å². The van der Waals surface area contributed by atoms with E-state index in [0.717, 1.165) is 5.56 Å².